The number of nitrogens with one attached hydrogen (secondary N) is 1. The van der Waals surface area contributed by atoms with Gasteiger partial charge in [0.25, 0.3) is 5.91 Å². The Morgan fingerprint density at radius 1 is 0.897 bits per heavy atom. The zero-order valence-electron chi connectivity index (χ0n) is 17.7. The molecule has 0 unspecified atom stereocenters. The largest absolute Gasteiger partial charge is 0.343 e. The van der Waals surface area contributed by atoms with Gasteiger partial charge in [0.05, 0.1) is 6.54 Å². The van der Waals surface area contributed by atoms with E-state index >= 15 is 0 Å². The predicted octanol–water partition coefficient (Wildman–Crippen LogP) is 1.05. The van der Waals surface area contributed by atoms with E-state index in [9.17, 15) is 14.4 Å². The number of aryl methyl sites for hydroxylation is 2. The van der Waals surface area contributed by atoms with Crippen molar-refractivity contribution >= 4 is 17.7 Å². The third kappa shape index (κ3) is 5.56. The lowest BCUT2D eigenvalue weighted by atomic mass is 9.95. The molecule has 0 bridgehead atoms. The van der Waals surface area contributed by atoms with Crippen LogP contribution in [0.3, 0.4) is 0 Å². The molecule has 3 rings (SSSR count). The van der Waals surface area contributed by atoms with Gasteiger partial charge >= 0.3 is 0 Å². The maximum absolute atomic E-state index is 12.7. The number of hydrogen-bond donors (Lipinski definition) is 1. The molecule has 2 saturated heterocycles. The maximum atomic E-state index is 12.7. The Bertz CT molecular complexity index is 743. The highest BCUT2D eigenvalue weighted by atomic mass is 16.2. The topological polar surface area (TPSA) is 73.0 Å². The number of piperazine rings is 1. The molecule has 158 valence electrons. The van der Waals surface area contributed by atoms with E-state index in [1.807, 2.05) is 36.9 Å². The van der Waals surface area contributed by atoms with Crippen molar-refractivity contribution < 1.29 is 14.4 Å². The second kappa shape index (κ2) is 9.39. The number of piperidine rings is 1. The molecule has 2 heterocycles. The Morgan fingerprint density at radius 2 is 1.48 bits per heavy atom. The van der Waals surface area contributed by atoms with Crippen LogP contribution in [0.1, 0.15) is 34.3 Å². The molecule has 1 aromatic rings. The third-order valence-electron chi connectivity index (χ3n) is 5.90. The van der Waals surface area contributed by atoms with Crippen molar-refractivity contribution in [3.8, 4) is 0 Å². The lowest BCUT2D eigenvalue weighted by molar-refractivity contribution is -0.141. The van der Waals surface area contributed by atoms with Crippen molar-refractivity contribution in [1.82, 2.24) is 20.0 Å². The number of likely N-dealkylation sites (tertiary alicyclic amines) is 1. The van der Waals surface area contributed by atoms with Crippen LogP contribution in [-0.2, 0) is 9.59 Å². The summed E-state index contributed by atoms with van der Waals surface area (Å²) < 4.78 is 0. The minimum Gasteiger partial charge on any atom is -0.343 e. The molecule has 0 atom stereocenters. The van der Waals surface area contributed by atoms with Crippen molar-refractivity contribution in [2.45, 2.75) is 26.7 Å². The summed E-state index contributed by atoms with van der Waals surface area (Å²) in [4.78, 5) is 43.5. The van der Waals surface area contributed by atoms with E-state index < -0.39 is 0 Å². The fraction of sp³-hybridized carbons (Fsp3) is 0.591. The second-order valence-electron chi connectivity index (χ2n) is 8.34. The monoisotopic (exact) mass is 400 g/mol. The molecule has 3 amide bonds. The first-order valence-corrected chi connectivity index (χ1v) is 10.4. The molecule has 0 aliphatic carbocycles. The van der Waals surface area contributed by atoms with Gasteiger partial charge in [-0.1, -0.05) is 17.2 Å². The zero-order valence-corrected chi connectivity index (χ0v) is 17.7. The van der Waals surface area contributed by atoms with Gasteiger partial charge in [-0.3, -0.25) is 14.4 Å². The third-order valence-corrected chi connectivity index (χ3v) is 5.90. The van der Waals surface area contributed by atoms with Gasteiger partial charge in [0.1, 0.15) is 0 Å². The van der Waals surface area contributed by atoms with Crippen molar-refractivity contribution in [3.05, 3.63) is 34.9 Å². The number of carbonyl (C=O) groups excluding carboxylic acids is 3. The van der Waals surface area contributed by atoms with Crippen molar-refractivity contribution in [2.24, 2.45) is 5.92 Å². The van der Waals surface area contributed by atoms with Crippen LogP contribution in [0.4, 0.5) is 0 Å². The Hall–Kier alpha value is -2.41. The Morgan fingerprint density at radius 3 is 2.07 bits per heavy atom. The Labute approximate surface area is 173 Å². The van der Waals surface area contributed by atoms with E-state index in [1.165, 1.54) is 0 Å². The normalized spacial score (nSPS) is 18.6. The lowest BCUT2D eigenvalue weighted by Crippen LogP contribution is -2.51. The molecule has 0 radical (unpaired) electrons. The van der Waals surface area contributed by atoms with Crippen LogP contribution in [0.25, 0.3) is 0 Å². The van der Waals surface area contributed by atoms with E-state index in [4.69, 9.17) is 0 Å². The zero-order chi connectivity index (χ0) is 21.0. The first kappa shape index (κ1) is 21.3. The van der Waals surface area contributed by atoms with Crippen LogP contribution in [-0.4, -0.2) is 85.3 Å². The number of rotatable bonds is 4. The summed E-state index contributed by atoms with van der Waals surface area (Å²) in [6.07, 6.45) is 1.39. The Kier molecular flexibility index (Phi) is 6.90. The lowest BCUT2D eigenvalue weighted by Gasteiger charge is -2.37. The van der Waals surface area contributed by atoms with Crippen LogP contribution in [0.2, 0.25) is 0 Å². The molecule has 2 fully saturated rings. The van der Waals surface area contributed by atoms with E-state index in [0.29, 0.717) is 31.5 Å². The van der Waals surface area contributed by atoms with Crippen LogP contribution in [0.15, 0.2) is 18.2 Å². The summed E-state index contributed by atoms with van der Waals surface area (Å²) in [6.45, 7) is 8.45. The minimum atomic E-state index is -0.231. The summed E-state index contributed by atoms with van der Waals surface area (Å²) in [5, 5.41) is 2.73. The molecule has 2 aliphatic heterocycles. The van der Waals surface area contributed by atoms with E-state index in [2.05, 4.69) is 17.3 Å². The molecule has 0 spiro atoms. The van der Waals surface area contributed by atoms with Gasteiger partial charge in [0, 0.05) is 50.7 Å². The molecule has 0 aromatic heterocycles. The predicted molar refractivity (Wildman–Crippen MR) is 112 cm³/mol. The summed E-state index contributed by atoms with van der Waals surface area (Å²) in [6, 6.07) is 5.65. The summed E-state index contributed by atoms with van der Waals surface area (Å²) in [5.41, 5.74) is 2.62. The average Bonchev–Trinajstić information content (AvgIpc) is 2.71. The molecule has 1 aromatic carbocycles. The maximum Gasteiger partial charge on any atom is 0.251 e. The van der Waals surface area contributed by atoms with E-state index in [-0.39, 0.29) is 30.2 Å². The van der Waals surface area contributed by atoms with Gasteiger partial charge < -0.3 is 20.0 Å². The van der Waals surface area contributed by atoms with Gasteiger partial charge in [-0.15, -0.1) is 0 Å². The van der Waals surface area contributed by atoms with E-state index in [0.717, 1.165) is 37.3 Å². The van der Waals surface area contributed by atoms with Crippen molar-refractivity contribution in [1.29, 1.82) is 0 Å². The first-order chi connectivity index (χ1) is 13.8. The molecule has 7 heteroatoms. The van der Waals surface area contributed by atoms with E-state index in [1.54, 1.807) is 4.90 Å². The van der Waals surface area contributed by atoms with Gasteiger partial charge in [-0.25, -0.2) is 0 Å². The molecule has 1 N–H and O–H groups in total. The highest BCUT2D eigenvalue weighted by molar-refractivity contribution is 5.96. The smallest absolute Gasteiger partial charge is 0.251 e. The number of amides is 3. The number of nitrogens with zero attached hydrogens (tertiary/aromatic N) is 3. The SMILES string of the molecule is Cc1cc(C)cc(C(=O)NCC(=O)N2CCC(C(=O)N3CCN(C)CC3)CC2)c1. The summed E-state index contributed by atoms with van der Waals surface area (Å²) >= 11 is 0. The van der Waals surface area contributed by atoms with Crippen LogP contribution in [0, 0.1) is 19.8 Å². The average molecular weight is 401 g/mol. The van der Waals surface area contributed by atoms with Crippen LogP contribution in [0.5, 0.6) is 0 Å². The molecule has 29 heavy (non-hydrogen) atoms. The second-order valence-corrected chi connectivity index (χ2v) is 8.34. The number of hydrogen-bond acceptors (Lipinski definition) is 4. The number of benzene rings is 1. The van der Waals surface area contributed by atoms with Crippen LogP contribution >= 0.6 is 0 Å². The van der Waals surface area contributed by atoms with Crippen molar-refractivity contribution in [2.75, 3.05) is 52.9 Å². The number of carbonyl (C=O) groups is 3. The molecular weight excluding hydrogens is 368 g/mol. The fourth-order valence-electron chi connectivity index (χ4n) is 4.14. The van der Waals surface area contributed by atoms with Gasteiger partial charge in [0.2, 0.25) is 11.8 Å². The summed E-state index contributed by atoms with van der Waals surface area (Å²) in [5.74, 6) is -0.0841. The molecule has 2 aliphatic rings. The quantitative estimate of drug-likeness (QED) is 0.820. The van der Waals surface area contributed by atoms with Gasteiger partial charge in [-0.2, -0.15) is 0 Å². The van der Waals surface area contributed by atoms with Crippen molar-refractivity contribution in [3.63, 3.8) is 0 Å². The molecular formula is C22H32N4O3. The highest BCUT2D eigenvalue weighted by Crippen LogP contribution is 2.20. The Balaban J connectivity index is 1.44. The minimum absolute atomic E-state index is 0.00677. The summed E-state index contributed by atoms with van der Waals surface area (Å²) in [7, 11) is 2.07. The van der Waals surface area contributed by atoms with Gasteiger partial charge in [0.15, 0.2) is 0 Å². The molecule has 0 saturated carbocycles. The molecule has 7 nitrogen and oxygen atoms in total. The first-order valence-electron chi connectivity index (χ1n) is 10.4. The number of likely N-dealkylation sites (N-methyl/N-ethyl adjacent to an activating group) is 1. The van der Waals surface area contributed by atoms with Gasteiger partial charge in [-0.05, 0) is 45.9 Å². The standard InChI is InChI=1S/C22H32N4O3/c1-16-12-17(2)14-19(13-16)21(28)23-15-20(27)25-6-4-18(5-7-25)22(29)26-10-8-24(3)9-11-26/h12-14,18H,4-11,15H2,1-3H3,(H,23,28). The fourth-order valence-corrected chi connectivity index (χ4v) is 4.14. The van der Waals surface area contributed by atoms with Crippen LogP contribution < -0.4 is 5.32 Å². The highest BCUT2D eigenvalue weighted by Gasteiger charge is 2.31.